The monoisotopic (exact) mass is 383 g/mol. The minimum atomic E-state index is 0.273. The van der Waals surface area contributed by atoms with Crippen LogP contribution in [0.5, 0.6) is 11.8 Å². The maximum atomic E-state index is 5.65. The highest BCUT2D eigenvalue weighted by Gasteiger charge is 2.07. The fourth-order valence-electron chi connectivity index (χ4n) is 2.10. The van der Waals surface area contributed by atoms with Gasteiger partial charge in [-0.05, 0) is 28.1 Å². The molecule has 0 radical (unpaired) electrons. The smallest absolute Gasteiger partial charge is 0.321 e. The zero-order chi connectivity index (χ0) is 16.4. The standard InChI is InChI=1S/C15H10BrN7O/c16-9-5-17-15(18-6-9)24-11-3-1-2-10(4-11)22-13-12-7-21-23-14(12)20-8-19-13/h1-8H,(H2,19,20,21,22,23). The van der Waals surface area contributed by atoms with E-state index in [0.29, 0.717) is 17.2 Å². The van der Waals surface area contributed by atoms with E-state index < -0.39 is 0 Å². The van der Waals surface area contributed by atoms with Gasteiger partial charge in [0.15, 0.2) is 5.65 Å². The molecule has 1 aromatic carbocycles. The van der Waals surface area contributed by atoms with Crippen LogP contribution in [0.3, 0.4) is 0 Å². The summed E-state index contributed by atoms with van der Waals surface area (Å²) in [5, 5.41) is 10.8. The molecule has 0 fully saturated rings. The number of halogens is 1. The highest BCUT2D eigenvalue weighted by Crippen LogP contribution is 2.26. The fourth-order valence-corrected chi connectivity index (χ4v) is 2.30. The number of benzene rings is 1. The van der Waals surface area contributed by atoms with Crippen LogP contribution >= 0.6 is 15.9 Å². The number of aromatic amines is 1. The molecule has 0 aliphatic rings. The van der Waals surface area contributed by atoms with Crippen molar-refractivity contribution in [2.75, 3.05) is 5.32 Å². The molecular weight excluding hydrogens is 374 g/mol. The number of hydrogen-bond donors (Lipinski definition) is 2. The van der Waals surface area contributed by atoms with Crippen molar-refractivity contribution >= 4 is 38.5 Å². The van der Waals surface area contributed by atoms with Gasteiger partial charge in [-0.15, -0.1) is 0 Å². The molecule has 118 valence electrons. The molecule has 3 heterocycles. The molecule has 0 bridgehead atoms. The fraction of sp³-hybridized carbons (Fsp3) is 0. The Morgan fingerprint density at radius 1 is 1.04 bits per heavy atom. The van der Waals surface area contributed by atoms with Crippen LogP contribution in [-0.2, 0) is 0 Å². The summed E-state index contributed by atoms with van der Waals surface area (Å²) in [5.74, 6) is 1.27. The summed E-state index contributed by atoms with van der Waals surface area (Å²) in [5.41, 5.74) is 1.48. The number of fused-ring (bicyclic) bond motifs is 1. The molecule has 2 N–H and O–H groups in total. The number of ether oxygens (including phenoxy) is 1. The third-order valence-corrected chi connectivity index (χ3v) is 3.56. The van der Waals surface area contributed by atoms with Crippen LogP contribution in [0.15, 0.2) is 53.7 Å². The van der Waals surface area contributed by atoms with Crippen molar-refractivity contribution < 1.29 is 4.74 Å². The molecule has 8 nitrogen and oxygen atoms in total. The number of nitrogens with zero attached hydrogens (tertiary/aromatic N) is 5. The van der Waals surface area contributed by atoms with Crippen molar-refractivity contribution in [2.45, 2.75) is 0 Å². The Balaban J connectivity index is 1.58. The van der Waals surface area contributed by atoms with Crippen molar-refractivity contribution in [3.63, 3.8) is 0 Å². The molecular formula is C15H10BrN7O. The maximum Gasteiger partial charge on any atom is 0.321 e. The molecule has 0 spiro atoms. The average molecular weight is 384 g/mol. The molecule has 0 aliphatic carbocycles. The van der Waals surface area contributed by atoms with Crippen LogP contribution in [0, 0.1) is 0 Å². The number of anilines is 2. The summed E-state index contributed by atoms with van der Waals surface area (Å²) in [4.78, 5) is 16.5. The van der Waals surface area contributed by atoms with Gasteiger partial charge in [0.1, 0.15) is 17.9 Å². The Morgan fingerprint density at radius 3 is 2.79 bits per heavy atom. The summed E-state index contributed by atoms with van der Waals surface area (Å²) in [6, 6.07) is 7.70. The van der Waals surface area contributed by atoms with Crippen molar-refractivity contribution in [3.05, 3.63) is 53.7 Å². The van der Waals surface area contributed by atoms with Gasteiger partial charge in [-0.2, -0.15) is 5.10 Å². The van der Waals surface area contributed by atoms with Gasteiger partial charge in [-0.3, -0.25) is 5.10 Å². The molecule has 0 amide bonds. The van der Waals surface area contributed by atoms with Crippen LogP contribution in [0.1, 0.15) is 0 Å². The predicted octanol–water partition coefficient (Wildman–Crippen LogP) is 3.44. The first kappa shape index (κ1) is 14.5. The first-order valence-corrected chi connectivity index (χ1v) is 7.74. The van der Waals surface area contributed by atoms with E-state index in [9.17, 15) is 0 Å². The van der Waals surface area contributed by atoms with Crippen LogP contribution in [0.25, 0.3) is 11.0 Å². The first-order chi connectivity index (χ1) is 11.8. The lowest BCUT2D eigenvalue weighted by Crippen LogP contribution is -1.96. The van der Waals surface area contributed by atoms with E-state index in [-0.39, 0.29) is 6.01 Å². The quantitative estimate of drug-likeness (QED) is 0.556. The second-order valence-electron chi connectivity index (χ2n) is 4.79. The Labute approximate surface area is 144 Å². The van der Waals surface area contributed by atoms with Crippen LogP contribution in [0.2, 0.25) is 0 Å². The number of H-pyrrole nitrogens is 1. The molecule has 0 atom stereocenters. The van der Waals surface area contributed by atoms with E-state index in [0.717, 1.165) is 15.5 Å². The van der Waals surface area contributed by atoms with Gasteiger partial charge in [0.05, 0.1) is 16.1 Å². The van der Waals surface area contributed by atoms with Gasteiger partial charge in [0.25, 0.3) is 0 Å². The summed E-state index contributed by atoms with van der Waals surface area (Å²) in [7, 11) is 0. The van der Waals surface area contributed by atoms with Crippen molar-refractivity contribution in [1.29, 1.82) is 0 Å². The summed E-state index contributed by atoms with van der Waals surface area (Å²) < 4.78 is 6.44. The van der Waals surface area contributed by atoms with Crippen molar-refractivity contribution in [2.24, 2.45) is 0 Å². The molecule has 0 aliphatic heterocycles. The predicted molar refractivity (Wildman–Crippen MR) is 91.2 cm³/mol. The van der Waals surface area contributed by atoms with E-state index in [4.69, 9.17) is 4.74 Å². The normalized spacial score (nSPS) is 10.7. The Hall–Kier alpha value is -3.07. The summed E-state index contributed by atoms with van der Waals surface area (Å²) in [6.45, 7) is 0. The zero-order valence-electron chi connectivity index (χ0n) is 12.1. The molecule has 0 saturated carbocycles. The lowest BCUT2D eigenvalue weighted by Gasteiger charge is -2.08. The Kier molecular flexibility index (Phi) is 3.75. The van der Waals surface area contributed by atoms with E-state index in [1.54, 1.807) is 18.6 Å². The van der Waals surface area contributed by atoms with Gasteiger partial charge in [0, 0.05) is 24.1 Å². The lowest BCUT2D eigenvalue weighted by molar-refractivity contribution is 0.441. The van der Waals surface area contributed by atoms with Gasteiger partial charge in [0.2, 0.25) is 0 Å². The molecule has 4 rings (SSSR count). The lowest BCUT2D eigenvalue weighted by atomic mass is 10.3. The zero-order valence-corrected chi connectivity index (χ0v) is 13.7. The van der Waals surface area contributed by atoms with Crippen LogP contribution in [-0.4, -0.2) is 30.1 Å². The summed E-state index contributed by atoms with van der Waals surface area (Å²) in [6.07, 6.45) is 6.40. The van der Waals surface area contributed by atoms with Crippen molar-refractivity contribution in [3.8, 4) is 11.8 Å². The first-order valence-electron chi connectivity index (χ1n) is 6.94. The second-order valence-corrected chi connectivity index (χ2v) is 5.71. The highest BCUT2D eigenvalue weighted by atomic mass is 79.9. The van der Waals surface area contributed by atoms with E-state index in [1.165, 1.54) is 6.33 Å². The largest absolute Gasteiger partial charge is 0.424 e. The number of nitrogens with one attached hydrogen (secondary N) is 2. The minimum Gasteiger partial charge on any atom is -0.424 e. The van der Waals surface area contributed by atoms with Gasteiger partial charge in [-0.1, -0.05) is 6.07 Å². The SMILES string of the molecule is Brc1cnc(Oc2cccc(Nc3ncnc4[nH]ncc34)c2)nc1. The molecule has 4 aromatic rings. The topological polar surface area (TPSA) is 102 Å². The molecule has 9 heteroatoms. The van der Waals surface area contributed by atoms with Gasteiger partial charge >= 0.3 is 6.01 Å². The number of hydrogen-bond acceptors (Lipinski definition) is 7. The number of aromatic nitrogens is 6. The maximum absolute atomic E-state index is 5.65. The molecule has 24 heavy (non-hydrogen) atoms. The van der Waals surface area contributed by atoms with E-state index in [1.807, 2.05) is 24.3 Å². The van der Waals surface area contributed by atoms with Crippen LogP contribution < -0.4 is 10.1 Å². The highest BCUT2D eigenvalue weighted by molar-refractivity contribution is 9.10. The van der Waals surface area contributed by atoms with Crippen molar-refractivity contribution in [1.82, 2.24) is 30.1 Å². The second kappa shape index (κ2) is 6.20. The summed E-state index contributed by atoms with van der Waals surface area (Å²) >= 11 is 3.29. The molecule has 0 unspecified atom stereocenters. The third-order valence-electron chi connectivity index (χ3n) is 3.15. The minimum absolute atomic E-state index is 0.273. The Morgan fingerprint density at radius 2 is 1.92 bits per heavy atom. The van der Waals surface area contributed by atoms with E-state index in [2.05, 4.69) is 51.4 Å². The third kappa shape index (κ3) is 3.01. The van der Waals surface area contributed by atoms with Crippen LogP contribution in [0.4, 0.5) is 11.5 Å². The molecule has 3 aromatic heterocycles. The van der Waals surface area contributed by atoms with Gasteiger partial charge in [-0.25, -0.2) is 19.9 Å². The Bertz CT molecular complexity index is 986. The van der Waals surface area contributed by atoms with Gasteiger partial charge < -0.3 is 10.1 Å². The molecule has 0 saturated heterocycles. The number of rotatable bonds is 4. The van der Waals surface area contributed by atoms with E-state index >= 15 is 0 Å². The average Bonchev–Trinajstić information content (AvgIpc) is 3.07.